The van der Waals surface area contributed by atoms with Crippen LogP contribution in [-0.2, 0) is 19.3 Å². The minimum atomic E-state index is -4.41. The van der Waals surface area contributed by atoms with Crippen LogP contribution in [0.4, 0.5) is 19.0 Å². The number of aromatic nitrogens is 1. The van der Waals surface area contributed by atoms with Gasteiger partial charge in [-0.25, -0.2) is 9.78 Å². The van der Waals surface area contributed by atoms with E-state index in [1.54, 1.807) is 0 Å². The summed E-state index contributed by atoms with van der Waals surface area (Å²) in [6.45, 7) is 4.91. The summed E-state index contributed by atoms with van der Waals surface area (Å²) in [6.07, 6.45) is -2.22. The zero-order valence-corrected chi connectivity index (χ0v) is 18.3. The van der Waals surface area contributed by atoms with Crippen molar-refractivity contribution in [3.8, 4) is 5.75 Å². The van der Waals surface area contributed by atoms with E-state index < -0.39 is 17.4 Å². The molecule has 2 aromatic heterocycles. The highest BCUT2D eigenvalue weighted by Gasteiger charge is 2.31. The second kappa shape index (κ2) is 9.72. The molecule has 0 radical (unpaired) electrons. The number of halogens is 3. The van der Waals surface area contributed by atoms with Crippen LogP contribution in [0.25, 0.3) is 0 Å². The quantitative estimate of drug-likeness (QED) is 0.715. The van der Waals surface area contributed by atoms with E-state index in [0.29, 0.717) is 44.1 Å². The first-order chi connectivity index (χ1) is 15.3. The maximum absolute atomic E-state index is 12.7. The Morgan fingerprint density at radius 1 is 1.03 bits per heavy atom. The monoisotopic (exact) mass is 470 g/mol. The number of hydrogen-bond acceptors (Lipinski definition) is 8. The van der Waals surface area contributed by atoms with Gasteiger partial charge in [0.1, 0.15) is 17.8 Å². The molecular weight excluding hydrogens is 445 g/mol. The SMILES string of the molecule is O=c1occ(CN2CCSCC2)c(O)c1CN1CCN(c2ccc(C(F)(F)F)cn2)CC1. The van der Waals surface area contributed by atoms with Crippen molar-refractivity contribution in [3.05, 3.63) is 51.7 Å². The molecule has 11 heteroatoms. The molecule has 2 aromatic rings. The molecule has 4 heterocycles. The number of nitrogens with zero attached hydrogens (tertiary/aromatic N) is 4. The second-order valence-corrected chi connectivity index (χ2v) is 9.15. The van der Waals surface area contributed by atoms with Crippen molar-refractivity contribution in [2.24, 2.45) is 0 Å². The molecule has 2 saturated heterocycles. The van der Waals surface area contributed by atoms with Gasteiger partial charge in [-0.3, -0.25) is 9.80 Å². The van der Waals surface area contributed by atoms with E-state index in [1.165, 1.54) is 12.3 Å². The summed E-state index contributed by atoms with van der Waals surface area (Å²) >= 11 is 1.90. The fourth-order valence-electron chi connectivity index (χ4n) is 3.89. The molecular formula is C21H25F3N4O3S. The molecule has 0 atom stereocenters. The molecule has 2 fully saturated rings. The molecule has 0 saturated carbocycles. The fourth-order valence-corrected chi connectivity index (χ4v) is 4.87. The van der Waals surface area contributed by atoms with Crippen LogP contribution in [0.5, 0.6) is 5.75 Å². The number of piperazine rings is 1. The van der Waals surface area contributed by atoms with Gasteiger partial charge in [-0.15, -0.1) is 0 Å². The second-order valence-electron chi connectivity index (χ2n) is 7.93. The summed E-state index contributed by atoms with van der Waals surface area (Å²) < 4.78 is 43.4. The molecule has 0 spiro atoms. The Balaban J connectivity index is 1.37. The molecule has 32 heavy (non-hydrogen) atoms. The first kappa shape index (κ1) is 22.9. The summed E-state index contributed by atoms with van der Waals surface area (Å²) in [5, 5.41) is 10.7. The van der Waals surface area contributed by atoms with Gasteiger partial charge in [-0.1, -0.05) is 0 Å². The maximum atomic E-state index is 12.7. The Kier molecular flexibility index (Phi) is 6.96. The summed E-state index contributed by atoms with van der Waals surface area (Å²) in [4.78, 5) is 22.4. The molecule has 4 rings (SSSR count). The number of alkyl halides is 3. The van der Waals surface area contributed by atoms with E-state index in [0.717, 1.165) is 36.9 Å². The minimum Gasteiger partial charge on any atom is -0.507 e. The van der Waals surface area contributed by atoms with E-state index in [2.05, 4.69) is 9.88 Å². The van der Waals surface area contributed by atoms with Gasteiger partial charge < -0.3 is 14.4 Å². The van der Waals surface area contributed by atoms with Crippen molar-refractivity contribution in [2.45, 2.75) is 19.3 Å². The highest BCUT2D eigenvalue weighted by Crippen LogP contribution is 2.30. The van der Waals surface area contributed by atoms with Crippen LogP contribution in [0, 0.1) is 0 Å². The van der Waals surface area contributed by atoms with Crippen LogP contribution in [-0.4, -0.2) is 70.7 Å². The highest BCUT2D eigenvalue weighted by molar-refractivity contribution is 7.99. The van der Waals surface area contributed by atoms with Crippen LogP contribution in [0.3, 0.4) is 0 Å². The Morgan fingerprint density at radius 3 is 2.34 bits per heavy atom. The molecule has 174 valence electrons. The summed E-state index contributed by atoms with van der Waals surface area (Å²) in [7, 11) is 0. The number of anilines is 1. The van der Waals surface area contributed by atoms with Gasteiger partial charge >= 0.3 is 11.8 Å². The topological polar surface area (TPSA) is 73.1 Å². The van der Waals surface area contributed by atoms with Crippen LogP contribution in [0.1, 0.15) is 16.7 Å². The van der Waals surface area contributed by atoms with Gasteiger partial charge in [0.25, 0.3) is 0 Å². The van der Waals surface area contributed by atoms with E-state index in [-0.39, 0.29) is 17.9 Å². The Bertz CT molecular complexity index is 970. The van der Waals surface area contributed by atoms with Crippen LogP contribution in [0.15, 0.2) is 33.8 Å². The number of rotatable bonds is 5. The number of thioether (sulfide) groups is 1. The van der Waals surface area contributed by atoms with E-state index in [1.807, 2.05) is 21.6 Å². The number of hydrogen-bond donors (Lipinski definition) is 1. The maximum Gasteiger partial charge on any atom is 0.417 e. The van der Waals surface area contributed by atoms with Gasteiger partial charge in [0, 0.05) is 75.6 Å². The molecule has 1 N–H and O–H groups in total. The van der Waals surface area contributed by atoms with Crippen molar-refractivity contribution in [3.63, 3.8) is 0 Å². The lowest BCUT2D eigenvalue weighted by Crippen LogP contribution is -2.46. The third-order valence-corrected chi connectivity index (χ3v) is 6.74. The first-order valence-corrected chi connectivity index (χ1v) is 11.6. The van der Waals surface area contributed by atoms with Gasteiger partial charge in [-0.05, 0) is 12.1 Å². The Labute approximate surface area is 187 Å². The molecule has 0 aliphatic carbocycles. The van der Waals surface area contributed by atoms with Crippen LogP contribution >= 0.6 is 11.8 Å². The zero-order valence-electron chi connectivity index (χ0n) is 17.5. The molecule has 0 amide bonds. The Hall–Kier alpha value is -2.24. The van der Waals surface area contributed by atoms with Gasteiger partial charge in [0.15, 0.2) is 0 Å². The minimum absolute atomic E-state index is 0.00804. The first-order valence-electron chi connectivity index (χ1n) is 10.4. The lowest BCUT2D eigenvalue weighted by Gasteiger charge is -2.35. The molecule has 2 aliphatic rings. The predicted molar refractivity (Wildman–Crippen MR) is 116 cm³/mol. The van der Waals surface area contributed by atoms with Gasteiger partial charge in [0.2, 0.25) is 0 Å². The average Bonchev–Trinajstić information content (AvgIpc) is 2.79. The fraction of sp³-hybridized carbons (Fsp3) is 0.524. The lowest BCUT2D eigenvalue weighted by atomic mass is 10.1. The van der Waals surface area contributed by atoms with Crippen LogP contribution < -0.4 is 10.5 Å². The average molecular weight is 471 g/mol. The van der Waals surface area contributed by atoms with Crippen molar-refractivity contribution < 1.29 is 22.7 Å². The van der Waals surface area contributed by atoms with Gasteiger partial charge in [0.05, 0.1) is 11.1 Å². The van der Waals surface area contributed by atoms with Crippen molar-refractivity contribution in [2.75, 3.05) is 55.7 Å². The normalized spacial score (nSPS) is 18.8. The third-order valence-electron chi connectivity index (χ3n) is 5.80. The van der Waals surface area contributed by atoms with Crippen LogP contribution in [0.2, 0.25) is 0 Å². The Morgan fingerprint density at radius 2 is 1.72 bits per heavy atom. The summed E-state index contributed by atoms with van der Waals surface area (Å²) in [6, 6.07) is 2.41. The highest BCUT2D eigenvalue weighted by atomic mass is 32.2. The smallest absolute Gasteiger partial charge is 0.417 e. The summed E-state index contributed by atoms with van der Waals surface area (Å²) in [5.74, 6) is 2.57. The molecule has 0 bridgehead atoms. The van der Waals surface area contributed by atoms with E-state index in [9.17, 15) is 23.1 Å². The molecule has 7 nitrogen and oxygen atoms in total. The van der Waals surface area contributed by atoms with Crippen molar-refractivity contribution >= 4 is 17.6 Å². The number of pyridine rings is 1. The van der Waals surface area contributed by atoms with Crippen molar-refractivity contribution in [1.29, 1.82) is 0 Å². The predicted octanol–water partition coefficient (Wildman–Crippen LogP) is 2.63. The molecule has 2 aliphatic heterocycles. The van der Waals surface area contributed by atoms with E-state index in [4.69, 9.17) is 4.42 Å². The lowest BCUT2D eigenvalue weighted by molar-refractivity contribution is -0.137. The molecule has 0 aromatic carbocycles. The van der Waals surface area contributed by atoms with E-state index >= 15 is 0 Å². The standard InChI is InChI=1S/C21H25F3N4O3S/c22-21(23,24)16-1-2-18(25-11-16)28-5-3-26(4-6-28)13-17-19(29)15(14-31-20(17)30)12-27-7-9-32-10-8-27/h1-2,11,14,29H,3-10,12-13H2. The van der Waals surface area contributed by atoms with Crippen molar-refractivity contribution in [1.82, 2.24) is 14.8 Å². The number of aromatic hydroxyl groups is 1. The zero-order chi connectivity index (χ0) is 22.7. The summed E-state index contributed by atoms with van der Waals surface area (Å²) in [5.41, 5.74) is -0.466. The van der Waals surface area contributed by atoms with Gasteiger partial charge in [-0.2, -0.15) is 24.9 Å². The molecule has 0 unspecified atom stereocenters. The third kappa shape index (κ3) is 5.38. The largest absolute Gasteiger partial charge is 0.507 e.